The van der Waals surface area contributed by atoms with E-state index in [1.54, 1.807) is 4.31 Å². The van der Waals surface area contributed by atoms with E-state index in [-0.39, 0.29) is 11.3 Å². The minimum absolute atomic E-state index is 0.163. The summed E-state index contributed by atoms with van der Waals surface area (Å²) in [5, 5.41) is 0. The zero-order valence-electron chi connectivity index (χ0n) is 17.1. The Bertz CT molecular complexity index is 857. The van der Waals surface area contributed by atoms with Crippen molar-refractivity contribution in [3.8, 4) is 0 Å². The number of carbonyl (C=O) groups is 1. The minimum Gasteiger partial charge on any atom is -0.465 e. The second-order valence-electron chi connectivity index (χ2n) is 8.82. The predicted octanol–water partition coefficient (Wildman–Crippen LogP) is 1.68. The number of carbonyl (C=O) groups excluding carboxylic acids is 1. The normalized spacial score (nSPS) is 28.8. The lowest BCUT2D eigenvalue weighted by Crippen LogP contribution is -2.52. The van der Waals surface area contributed by atoms with Crippen LogP contribution in [-0.4, -0.2) is 74.0 Å². The molecule has 1 amide bonds. The lowest BCUT2D eigenvalue weighted by Gasteiger charge is -2.46. The van der Waals surface area contributed by atoms with Crippen LogP contribution in [0.1, 0.15) is 37.7 Å². The number of fused-ring (bicyclic) bond motifs is 1. The molecule has 1 unspecified atom stereocenters. The van der Waals surface area contributed by atoms with Crippen LogP contribution in [0.5, 0.6) is 0 Å². The lowest BCUT2D eigenvalue weighted by atomic mass is 9.60. The summed E-state index contributed by atoms with van der Waals surface area (Å²) in [5.41, 5.74) is -0.813. The van der Waals surface area contributed by atoms with E-state index in [1.165, 1.54) is 6.26 Å². The molecule has 0 N–H and O–H groups in total. The number of rotatable bonds is 4. The summed E-state index contributed by atoms with van der Waals surface area (Å²) in [5.74, 6) is 2.04. The Morgan fingerprint density at radius 2 is 1.82 bits per heavy atom. The first-order valence-corrected chi connectivity index (χ1v) is 12.1. The Balaban J connectivity index is 1.57. The van der Waals surface area contributed by atoms with Gasteiger partial charge in [-0.1, -0.05) is 0 Å². The zero-order chi connectivity index (χ0) is 20.2. The summed E-state index contributed by atoms with van der Waals surface area (Å²) in [4.78, 5) is 17.6. The van der Waals surface area contributed by atoms with Gasteiger partial charge in [0.1, 0.15) is 11.5 Å². The molecule has 28 heavy (non-hydrogen) atoms. The number of aryl methyl sites for hydroxylation is 1. The summed E-state index contributed by atoms with van der Waals surface area (Å²) in [7, 11) is -3.31. The van der Waals surface area contributed by atoms with Crippen LogP contribution in [0.25, 0.3) is 0 Å². The first-order valence-electron chi connectivity index (χ1n) is 10.2. The van der Waals surface area contributed by atoms with E-state index in [1.807, 2.05) is 30.9 Å². The predicted molar refractivity (Wildman–Crippen MR) is 106 cm³/mol. The quantitative estimate of drug-likeness (QED) is 0.757. The van der Waals surface area contributed by atoms with Gasteiger partial charge in [0.05, 0.1) is 18.2 Å². The van der Waals surface area contributed by atoms with Crippen LogP contribution in [0.4, 0.5) is 0 Å². The summed E-state index contributed by atoms with van der Waals surface area (Å²) >= 11 is 0. The number of sulfonamides is 1. The Labute approximate surface area is 167 Å². The van der Waals surface area contributed by atoms with Crippen LogP contribution >= 0.6 is 0 Å². The van der Waals surface area contributed by atoms with Crippen molar-refractivity contribution in [3.63, 3.8) is 0 Å². The van der Waals surface area contributed by atoms with Gasteiger partial charge in [-0.2, -0.15) is 0 Å². The fraction of sp³-hybridized carbons (Fsp3) is 0.750. The van der Waals surface area contributed by atoms with Gasteiger partial charge < -0.3 is 9.32 Å². The molecule has 1 atom stereocenters. The summed E-state index contributed by atoms with van der Waals surface area (Å²) < 4.78 is 32.0. The maximum Gasteiger partial charge on any atom is 0.230 e. The van der Waals surface area contributed by atoms with E-state index >= 15 is 0 Å². The Morgan fingerprint density at radius 3 is 2.36 bits per heavy atom. The van der Waals surface area contributed by atoms with E-state index in [2.05, 4.69) is 4.90 Å². The average Bonchev–Trinajstić information content (AvgIpc) is 3.29. The third-order valence-corrected chi connectivity index (χ3v) is 8.48. The highest BCUT2D eigenvalue weighted by molar-refractivity contribution is 7.88. The molecule has 3 aliphatic rings. The van der Waals surface area contributed by atoms with Gasteiger partial charge in [-0.05, 0) is 58.3 Å². The average molecular weight is 410 g/mol. The van der Waals surface area contributed by atoms with Crippen molar-refractivity contribution < 1.29 is 17.6 Å². The van der Waals surface area contributed by atoms with Crippen LogP contribution < -0.4 is 0 Å². The molecule has 3 fully saturated rings. The van der Waals surface area contributed by atoms with E-state index in [0.717, 1.165) is 57.0 Å². The molecule has 156 valence electrons. The maximum atomic E-state index is 13.4. The first kappa shape index (κ1) is 19.9. The second-order valence-corrected chi connectivity index (χ2v) is 10.8. The maximum absolute atomic E-state index is 13.4. The monoisotopic (exact) mass is 409 g/mol. The fourth-order valence-electron chi connectivity index (χ4n) is 5.59. The van der Waals surface area contributed by atoms with Crippen LogP contribution in [0.3, 0.4) is 0 Å². The molecule has 4 heterocycles. The molecule has 3 aliphatic heterocycles. The van der Waals surface area contributed by atoms with Gasteiger partial charge in [-0.15, -0.1) is 0 Å². The third-order valence-electron chi connectivity index (χ3n) is 7.28. The first-order chi connectivity index (χ1) is 13.2. The second kappa shape index (κ2) is 6.85. The SMILES string of the molecule is CCN1CCC2(CN(S(C)(=O)=O)CC23CCN(Cc2ccc(C)o2)CC3)C1=O. The van der Waals surface area contributed by atoms with Crippen molar-refractivity contribution in [2.45, 2.75) is 39.7 Å². The number of piperidine rings is 1. The molecule has 1 aromatic rings. The van der Waals surface area contributed by atoms with Crippen molar-refractivity contribution >= 4 is 15.9 Å². The van der Waals surface area contributed by atoms with E-state index in [9.17, 15) is 13.2 Å². The largest absolute Gasteiger partial charge is 0.465 e. The van der Waals surface area contributed by atoms with E-state index < -0.39 is 15.4 Å². The number of amides is 1. The Morgan fingerprint density at radius 1 is 1.11 bits per heavy atom. The molecule has 0 aromatic carbocycles. The summed E-state index contributed by atoms with van der Waals surface area (Å²) in [6, 6.07) is 4.00. The fourth-order valence-corrected chi connectivity index (χ4v) is 6.53. The van der Waals surface area contributed by atoms with Gasteiger partial charge >= 0.3 is 0 Å². The standard InChI is InChI=1S/C20H31N3O4S/c1-4-22-12-9-20(18(22)24)15-23(28(3,25)26)14-19(20)7-10-21(11-8-19)13-17-6-5-16(2)27-17/h5-6H,4,7-15H2,1-3H3. The van der Waals surface area contributed by atoms with Crippen LogP contribution in [0.15, 0.2) is 16.5 Å². The molecule has 8 heteroatoms. The van der Waals surface area contributed by atoms with Gasteiger partial charge in [-0.25, -0.2) is 12.7 Å². The zero-order valence-corrected chi connectivity index (χ0v) is 17.9. The molecule has 0 saturated carbocycles. The molecular formula is C20H31N3O4S. The van der Waals surface area contributed by atoms with Gasteiger partial charge in [0, 0.05) is 31.6 Å². The van der Waals surface area contributed by atoms with E-state index in [4.69, 9.17) is 4.42 Å². The van der Waals surface area contributed by atoms with Gasteiger partial charge in [0.2, 0.25) is 15.9 Å². The molecule has 0 radical (unpaired) electrons. The molecule has 0 aliphatic carbocycles. The summed E-state index contributed by atoms with van der Waals surface area (Å²) in [6.07, 6.45) is 3.73. The van der Waals surface area contributed by atoms with Gasteiger partial charge in [0.15, 0.2) is 0 Å². The van der Waals surface area contributed by atoms with Crippen molar-refractivity contribution in [2.75, 3.05) is 45.5 Å². The van der Waals surface area contributed by atoms with Crippen LogP contribution in [-0.2, 0) is 21.4 Å². The third kappa shape index (κ3) is 3.09. The number of hydrogen-bond acceptors (Lipinski definition) is 5. The van der Waals surface area contributed by atoms with E-state index in [0.29, 0.717) is 19.6 Å². The molecule has 1 aromatic heterocycles. The Kier molecular flexibility index (Phi) is 4.87. The van der Waals surface area contributed by atoms with Gasteiger partial charge in [-0.3, -0.25) is 9.69 Å². The number of furan rings is 1. The number of hydrogen-bond donors (Lipinski definition) is 0. The Hall–Kier alpha value is -1.38. The highest BCUT2D eigenvalue weighted by Crippen LogP contribution is 2.58. The number of likely N-dealkylation sites (tertiary alicyclic amines) is 2. The van der Waals surface area contributed by atoms with Crippen molar-refractivity contribution in [1.82, 2.24) is 14.1 Å². The van der Waals surface area contributed by atoms with Crippen molar-refractivity contribution in [1.29, 1.82) is 0 Å². The van der Waals surface area contributed by atoms with Crippen LogP contribution in [0, 0.1) is 17.8 Å². The molecule has 4 rings (SSSR count). The molecular weight excluding hydrogens is 378 g/mol. The highest BCUT2D eigenvalue weighted by atomic mass is 32.2. The topological polar surface area (TPSA) is 74.1 Å². The molecule has 7 nitrogen and oxygen atoms in total. The van der Waals surface area contributed by atoms with Gasteiger partial charge in [0.25, 0.3) is 0 Å². The van der Waals surface area contributed by atoms with Crippen molar-refractivity contribution in [3.05, 3.63) is 23.7 Å². The van der Waals surface area contributed by atoms with Crippen molar-refractivity contribution in [2.24, 2.45) is 10.8 Å². The number of nitrogens with zero attached hydrogens (tertiary/aromatic N) is 3. The molecule has 2 spiro atoms. The molecule has 0 bridgehead atoms. The minimum atomic E-state index is -3.31. The molecule has 3 saturated heterocycles. The van der Waals surface area contributed by atoms with Crippen LogP contribution in [0.2, 0.25) is 0 Å². The lowest BCUT2D eigenvalue weighted by molar-refractivity contribution is -0.142. The summed E-state index contributed by atoms with van der Waals surface area (Å²) in [6.45, 7) is 8.69. The smallest absolute Gasteiger partial charge is 0.230 e. The highest BCUT2D eigenvalue weighted by Gasteiger charge is 2.66.